The van der Waals surface area contributed by atoms with Crippen molar-refractivity contribution in [2.24, 2.45) is 7.05 Å². The van der Waals surface area contributed by atoms with Gasteiger partial charge in [-0.15, -0.1) is 0 Å². The van der Waals surface area contributed by atoms with Gasteiger partial charge in [-0.25, -0.2) is 0 Å². The molecule has 0 N–H and O–H groups in total. The summed E-state index contributed by atoms with van der Waals surface area (Å²) < 4.78 is 9.74. The third kappa shape index (κ3) is 3.20. The first-order chi connectivity index (χ1) is 9.02. The Bertz CT molecular complexity index is 593. The number of nitrogens with zero attached hydrogens (tertiary/aromatic N) is 2. The van der Waals surface area contributed by atoms with Crippen LogP contribution in [0, 0.1) is 6.92 Å². The van der Waals surface area contributed by atoms with Gasteiger partial charge >= 0.3 is 0 Å². The minimum Gasteiger partial charge on any atom is -0.486 e. The number of rotatable bonds is 4. The van der Waals surface area contributed by atoms with Gasteiger partial charge in [0.25, 0.3) is 0 Å². The molecule has 0 amide bonds. The highest BCUT2D eigenvalue weighted by molar-refractivity contribution is 9.10. The van der Waals surface area contributed by atoms with E-state index >= 15 is 0 Å². The Kier molecular flexibility index (Phi) is 4.68. The molecule has 2 aromatic rings. The average molecular weight is 388 g/mol. The standard InChI is InChI=1S/C14H16Br2N2O/c1-4-11-14(16)12(18(3)17-11)8-19-13-6-5-9(2)7-10(13)15/h5-7H,4,8H2,1-3H3. The summed E-state index contributed by atoms with van der Waals surface area (Å²) >= 11 is 7.11. The number of hydrogen-bond acceptors (Lipinski definition) is 2. The van der Waals surface area contributed by atoms with Gasteiger partial charge in [-0.3, -0.25) is 4.68 Å². The highest BCUT2D eigenvalue weighted by atomic mass is 79.9. The molecule has 0 aliphatic carbocycles. The lowest BCUT2D eigenvalue weighted by molar-refractivity contribution is 0.292. The lowest BCUT2D eigenvalue weighted by atomic mass is 10.2. The Hall–Kier alpha value is -0.810. The molecule has 2 rings (SSSR count). The minimum atomic E-state index is 0.492. The predicted molar refractivity (Wildman–Crippen MR) is 83.5 cm³/mol. The van der Waals surface area contributed by atoms with Crippen molar-refractivity contribution in [2.75, 3.05) is 0 Å². The zero-order valence-corrected chi connectivity index (χ0v) is 14.4. The van der Waals surface area contributed by atoms with Crippen LogP contribution in [0.3, 0.4) is 0 Å². The number of benzene rings is 1. The van der Waals surface area contributed by atoms with E-state index in [-0.39, 0.29) is 0 Å². The Balaban J connectivity index is 2.16. The van der Waals surface area contributed by atoms with Crippen molar-refractivity contribution in [3.8, 4) is 5.75 Å². The number of halogens is 2. The first-order valence-electron chi connectivity index (χ1n) is 6.12. The molecule has 0 saturated heterocycles. The molecule has 0 bridgehead atoms. The van der Waals surface area contributed by atoms with Crippen LogP contribution in [0.2, 0.25) is 0 Å². The fourth-order valence-electron chi connectivity index (χ4n) is 1.85. The van der Waals surface area contributed by atoms with Gasteiger partial charge in [0.1, 0.15) is 12.4 Å². The first-order valence-corrected chi connectivity index (χ1v) is 7.70. The molecule has 0 atom stereocenters. The van der Waals surface area contributed by atoms with Crippen LogP contribution >= 0.6 is 31.9 Å². The van der Waals surface area contributed by atoms with Gasteiger partial charge in [0.2, 0.25) is 0 Å². The van der Waals surface area contributed by atoms with Crippen LogP contribution < -0.4 is 4.74 Å². The van der Waals surface area contributed by atoms with E-state index in [4.69, 9.17) is 4.74 Å². The molecule has 1 heterocycles. The molecule has 5 heteroatoms. The van der Waals surface area contributed by atoms with Gasteiger partial charge in [-0.1, -0.05) is 13.0 Å². The lowest BCUT2D eigenvalue weighted by Crippen LogP contribution is -2.04. The Morgan fingerprint density at radius 2 is 2.05 bits per heavy atom. The lowest BCUT2D eigenvalue weighted by Gasteiger charge is -2.09. The predicted octanol–water partition coefficient (Wildman–Crippen LogP) is 4.39. The topological polar surface area (TPSA) is 27.1 Å². The second-order valence-electron chi connectivity index (χ2n) is 4.41. The quantitative estimate of drug-likeness (QED) is 0.777. The van der Waals surface area contributed by atoms with E-state index in [0.29, 0.717) is 6.61 Å². The molecular weight excluding hydrogens is 372 g/mol. The number of aromatic nitrogens is 2. The maximum atomic E-state index is 5.86. The molecule has 102 valence electrons. The van der Waals surface area contributed by atoms with E-state index < -0.39 is 0 Å². The molecule has 0 unspecified atom stereocenters. The molecule has 0 radical (unpaired) electrons. The number of hydrogen-bond donors (Lipinski definition) is 0. The van der Waals surface area contributed by atoms with Crippen molar-refractivity contribution < 1.29 is 4.74 Å². The average Bonchev–Trinajstić information content (AvgIpc) is 2.64. The molecule has 0 saturated carbocycles. The Morgan fingerprint density at radius 3 is 2.63 bits per heavy atom. The molecule has 19 heavy (non-hydrogen) atoms. The smallest absolute Gasteiger partial charge is 0.134 e. The van der Waals surface area contributed by atoms with Gasteiger partial charge in [0, 0.05) is 7.05 Å². The van der Waals surface area contributed by atoms with Crippen LogP contribution in [0.25, 0.3) is 0 Å². The van der Waals surface area contributed by atoms with Gasteiger partial charge in [0.05, 0.1) is 20.3 Å². The SMILES string of the molecule is CCc1nn(C)c(COc2ccc(C)cc2Br)c1Br. The van der Waals surface area contributed by atoms with Gasteiger partial charge in [-0.05, 0) is 62.9 Å². The van der Waals surface area contributed by atoms with E-state index in [9.17, 15) is 0 Å². The summed E-state index contributed by atoms with van der Waals surface area (Å²) in [5.74, 6) is 0.844. The molecule has 1 aromatic heterocycles. The van der Waals surface area contributed by atoms with Crippen LogP contribution in [0.1, 0.15) is 23.9 Å². The largest absolute Gasteiger partial charge is 0.486 e. The maximum absolute atomic E-state index is 5.86. The summed E-state index contributed by atoms with van der Waals surface area (Å²) in [4.78, 5) is 0. The van der Waals surface area contributed by atoms with Crippen molar-refractivity contribution in [3.05, 3.63) is 44.1 Å². The number of aryl methyl sites for hydroxylation is 3. The molecular formula is C14H16Br2N2O. The van der Waals surface area contributed by atoms with E-state index in [1.54, 1.807) is 0 Å². The van der Waals surface area contributed by atoms with E-state index in [1.165, 1.54) is 5.56 Å². The van der Waals surface area contributed by atoms with Crippen LogP contribution in [0.15, 0.2) is 27.1 Å². The number of ether oxygens (including phenoxy) is 1. The van der Waals surface area contributed by atoms with E-state index in [0.717, 1.165) is 32.5 Å². The summed E-state index contributed by atoms with van der Waals surface area (Å²) in [7, 11) is 1.94. The zero-order chi connectivity index (χ0) is 14.0. The molecule has 0 fully saturated rings. The monoisotopic (exact) mass is 386 g/mol. The third-order valence-corrected chi connectivity index (χ3v) is 4.49. The van der Waals surface area contributed by atoms with Crippen molar-refractivity contribution in [1.29, 1.82) is 0 Å². The van der Waals surface area contributed by atoms with Crippen LogP contribution in [-0.4, -0.2) is 9.78 Å². The van der Waals surface area contributed by atoms with Gasteiger partial charge < -0.3 is 4.74 Å². The summed E-state index contributed by atoms with van der Waals surface area (Å²) in [5.41, 5.74) is 3.31. The van der Waals surface area contributed by atoms with Crippen LogP contribution in [-0.2, 0) is 20.1 Å². The Labute approximate surface area is 130 Å². The van der Waals surface area contributed by atoms with E-state index in [2.05, 4.69) is 50.8 Å². The molecule has 3 nitrogen and oxygen atoms in total. The molecule has 0 aliphatic rings. The molecule has 0 spiro atoms. The van der Waals surface area contributed by atoms with E-state index in [1.807, 2.05) is 29.9 Å². The van der Waals surface area contributed by atoms with Crippen LogP contribution in [0.4, 0.5) is 0 Å². The minimum absolute atomic E-state index is 0.492. The highest BCUT2D eigenvalue weighted by Gasteiger charge is 2.13. The normalized spacial score (nSPS) is 10.8. The summed E-state index contributed by atoms with van der Waals surface area (Å²) in [5, 5.41) is 4.46. The summed E-state index contributed by atoms with van der Waals surface area (Å²) in [6.45, 7) is 4.64. The summed E-state index contributed by atoms with van der Waals surface area (Å²) in [6, 6.07) is 6.06. The fraction of sp³-hybridized carbons (Fsp3) is 0.357. The van der Waals surface area contributed by atoms with Gasteiger partial charge in [0.15, 0.2) is 0 Å². The fourth-order valence-corrected chi connectivity index (χ4v) is 3.18. The first kappa shape index (κ1) is 14.6. The second-order valence-corrected chi connectivity index (χ2v) is 6.05. The van der Waals surface area contributed by atoms with Crippen molar-refractivity contribution in [2.45, 2.75) is 26.9 Å². The second kappa shape index (κ2) is 6.09. The molecule has 1 aromatic carbocycles. The van der Waals surface area contributed by atoms with Crippen LogP contribution in [0.5, 0.6) is 5.75 Å². The third-order valence-electron chi connectivity index (χ3n) is 2.95. The van der Waals surface area contributed by atoms with Crippen molar-refractivity contribution in [3.63, 3.8) is 0 Å². The Morgan fingerprint density at radius 1 is 1.32 bits per heavy atom. The van der Waals surface area contributed by atoms with Crippen molar-refractivity contribution >= 4 is 31.9 Å². The maximum Gasteiger partial charge on any atom is 0.134 e. The highest BCUT2D eigenvalue weighted by Crippen LogP contribution is 2.28. The zero-order valence-electron chi connectivity index (χ0n) is 11.2. The van der Waals surface area contributed by atoms with Gasteiger partial charge in [-0.2, -0.15) is 5.10 Å². The van der Waals surface area contributed by atoms with Crippen molar-refractivity contribution in [1.82, 2.24) is 9.78 Å². The summed E-state index contributed by atoms with van der Waals surface area (Å²) in [6.07, 6.45) is 0.905. The molecule has 0 aliphatic heterocycles.